The highest BCUT2D eigenvalue weighted by atomic mass is 32.2. The Morgan fingerprint density at radius 1 is 1.56 bits per heavy atom. The molecule has 0 spiro atoms. The van der Waals surface area contributed by atoms with Gasteiger partial charge in [0, 0.05) is 12.1 Å². The maximum atomic E-state index is 11.2. The van der Waals surface area contributed by atoms with Crippen LogP contribution in [0.5, 0.6) is 0 Å². The van der Waals surface area contributed by atoms with Crippen LogP contribution in [-0.4, -0.2) is 36.8 Å². The lowest BCUT2D eigenvalue weighted by molar-refractivity contribution is -0.143. The van der Waals surface area contributed by atoms with Crippen LogP contribution in [0.4, 0.5) is 0 Å². The van der Waals surface area contributed by atoms with Crippen LogP contribution in [0, 0.1) is 0 Å². The molecule has 0 amide bonds. The van der Waals surface area contributed by atoms with Crippen molar-refractivity contribution in [3.63, 3.8) is 0 Å². The minimum absolute atomic E-state index is 0.101. The first-order valence-electron chi connectivity index (χ1n) is 4.76. The van der Waals surface area contributed by atoms with Gasteiger partial charge in [-0.05, 0) is 13.3 Å². The monoisotopic (exact) mass is 251 g/mol. The molecule has 0 aromatic rings. The van der Waals surface area contributed by atoms with Crippen LogP contribution in [0.1, 0.15) is 20.3 Å². The Morgan fingerprint density at radius 2 is 2.06 bits per heavy atom. The molecule has 3 N–H and O–H groups in total. The highest BCUT2D eigenvalue weighted by molar-refractivity contribution is 7.86. The van der Waals surface area contributed by atoms with Crippen molar-refractivity contribution >= 4 is 16.1 Å². The molecule has 0 aliphatic heterocycles. The van der Waals surface area contributed by atoms with Crippen molar-refractivity contribution in [2.24, 2.45) is 5.73 Å². The number of nitrogens with two attached hydrogens (primary N) is 1. The quantitative estimate of drug-likeness (QED) is 0.394. The first kappa shape index (κ1) is 15.1. The number of esters is 1. The predicted octanol–water partition coefficient (Wildman–Crippen LogP) is 0.0994. The molecule has 0 rings (SSSR count). The molecule has 94 valence electrons. The van der Waals surface area contributed by atoms with E-state index in [1.165, 1.54) is 6.92 Å². The van der Waals surface area contributed by atoms with Gasteiger partial charge in [0.05, 0.1) is 0 Å². The van der Waals surface area contributed by atoms with Gasteiger partial charge >= 0.3 is 5.97 Å². The molecule has 0 aliphatic rings. The van der Waals surface area contributed by atoms with Crippen LogP contribution in [0.25, 0.3) is 0 Å². The van der Waals surface area contributed by atoms with Gasteiger partial charge in [0.1, 0.15) is 11.4 Å². The van der Waals surface area contributed by atoms with Crippen molar-refractivity contribution in [1.29, 1.82) is 0 Å². The van der Waals surface area contributed by atoms with Crippen molar-refractivity contribution in [2.75, 3.05) is 6.54 Å². The number of ether oxygens (including phenoxy) is 1. The van der Waals surface area contributed by atoms with Crippen LogP contribution in [-0.2, 0) is 19.6 Å². The van der Waals surface area contributed by atoms with Crippen LogP contribution >= 0.6 is 0 Å². The number of rotatable bonds is 6. The van der Waals surface area contributed by atoms with E-state index in [-0.39, 0.29) is 18.5 Å². The summed E-state index contributed by atoms with van der Waals surface area (Å²) in [5.41, 5.74) is 5.45. The number of carbonyl (C=O) groups excluding carboxylic acids is 1. The van der Waals surface area contributed by atoms with E-state index >= 15 is 0 Å². The van der Waals surface area contributed by atoms with Crippen molar-refractivity contribution in [3.05, 3.63) is 12.2 Å². The average Bonchev–Trinajstić information content (AvgIpc) is 2.14. The summed E-state index contributed by atoms with van der Waals surface area (Å²) in [6.07, 6.45) is -0.964. The normalized spacial score (nSPS) is 15.2. The van der Waals surface area contributed by atoms with Crippen molar-refractivity contribution in [3.8, 4) is 0 Å². The van der Waals surface area contributed by atoms with E-state index in [1.54, 1.807) is 6.92 Å². The zero-order valence-electron chi connectivity index (χ0n) is 9.34. The summed E-state index contributed by atoms with van der Waals surface area (Å²) < 4.78 is 35.8. The third-order valence-electron chi connectivity index (χ3n) is 2.04. The van der Waals surface area contributed by atoms with E-state index in [9.17, 15) is 13.2 Å². The number of carbonyl (C=O) groups is 1. The van der Waals surface area contributed by atoms with Gasteiger partial charge < -0.3 is 10.5 Å². The smallest absolute Gasteiger partial charge is 0.333 e. The summed E-state index contributed by atoms with van der Waals surface area (Å²) in [6, 6.07) is 0. The van der Waals surface area contributed by atoms with Gasteiger partial charge in [-0.1, -0.05) is 13.5 Å². The van der Waals surface area contributed by atoms with E-state index in [1.807, 2.05) is 0 Å². The van der Waals surface area contributed by atoms with Gasteiger partial charge in [-0.15, -0.1) is 0 Å². The first-order valence-corrected chi connectivity index (χ1v) is 6.27. The van der Waals surface area contributed by atoms with Gasteiger partial charge in [0.25, 0.3) is 10.1 Å². The molecule has 6 nitrogen and oxygen atoms in total. The molecular formula is C9H17NO5S. The minimum atomic E-state index is -4.28. The maximum Gasteiger partial charge on any atom is 0.333 e. The average molecular weight is 251 g/mol. The van der Waals surface area contributed by atoms with Crippen LogP contribution in [0.3, 0.4) is 0 Å². The zero-order chi connectivity index (χ0) is 12.9. The second-order valence-corrected chi connectivity index (χ2v) is 5.06. The fourth-order valence-corrected chi connectivity index (χ4v) is 2.15. The number of hydrogen-bond acceptors (Lipinski definition) is 5. The highest BCUT2D eigenvalue weighted by Crippen LogP contribution is 2.13. The summed E-state index contributed by atoms with van der Waals surface area (Å²) in [7, 11) is -4.28. The SMILES string of the molecule is C=C(C)C(=O)OC(CN)C(CC)S(=O)(=O)O. The molecule has 0 aromatic carbocycles. The lowest BCUT2D eigenvalue weighted by Crippen LogP contribution is -2.42. The Morgan fingerprint density at radius 3 is 2.31 bits per heavy atom. The largest absolute Gasteiger partial charge is 0.456 e. The Hall–Kier alpha value is -0.920. The van der Waals surface area contributed by atoms with Crippen molar-refractivity contribution in [2.45, 2.75) is 31.6 Å². The molecule has 0 heterocycles. The summed E-state index contributed by atoms with van der Waals surface area (Å²) in [5, 5.41) is -1.21. The standard InChI is InChI=1S/C9H17NO5S/c1-4-8(16(12,13)14)7(5-10)15-9(11)6(2)3/h7-8H,2,4-5,10H2,1,3H3,(H,12,13,14). The highest BCUT2D eigenvalue weighted by Gasteiger charge is 2.32. The van der Waals surface area contributed by atoms with E-state index in [0.29, 0.717) is 0 Å². The van der Waals surface area contributed by atoms with Gasteiger partial charge in [-0.2, -0.15) is 8.42 Å². The first-order chi connectivity index (χ1) is 7.23. The molecule has 0 bridgehead atoms. The molecule has 0 saturated carbocycles. The third kappa shape index (κ3) is 4.30. The fraction of sp³-hybridized carbons (Fsp3) is 0.667. The number of hydrogen-bond donors (Lipinski definition) is 2. The molecular weight excluding hydrogens is 234 g/mol. The van der Waals surface area contributed by atoms with Crippen LogP contribution < -0.4 is 5.73 Å². The van der Waals surface area contributed by atoms with E-state index in [2.05, 4.69) is 6.58 Å². The van der Waals surface area contributed by atoms with E-state index < -0.39 is 27.4 Å². The Bertz CT molecular complexity index is 362. The summed E-state index contributed by atoms with van der Waals surface area (Å²) >= 11 is 0. The molecule has 7 heteroatoms. The molecule has 16 heavy (non-hydrogen) atoms. The molecule has 2 unspecified atom stereocenters. The molecule has 0 saturated heterocycles. The lowest BCUT2D eigenvalue weighted by Gasteiger charge is -2.22. The van der Waals surface area contributed by atoms with E-state index in [4.69, 9.17) is 15.0 Å². The summed E-state index contributed by atoms with van der Waals surface area (Å²) in [5.74, 6) is -0.724. The third-order valence-corrected chi connectivity index (χ3v) is 3.44. The fourth-order valence-electron chi connectivity index (χ4n) is 1.18. The van der Waals surface area contributed by atoms with Crippen LogP contribution in [0.15, 0.2) is 12.2 Å². The Labute approximate surface area is 95.2 Å². The molecule has 0 aliphatic carbocycles. The lowest BCUT2D eigenvalue weighted by atomic mass is 10.2. The Balaban J connectivity index is 4.84. The van der Waals surface area contributed by atoms with Gasteiger partial charge in [-0.25, -0.2) is 4.79 Å². The minimum Gasteiger partial charge on any atom is -0.456 e. The van der Waals surface area contributed by atoms with Crippen molar-refractivity contribution in [1.82, 2.24) is 0 Å². The second-order valence-electron chi connectivity index (χ2n) is 3.42. The molecule has 0 fully saturated rings. The molecule has 2 atom stereocenters. The van der Waals surface area contributed by atoms with E-state index in [0.717, 1.165) is 0 Å². The van der Waals surface area contributed by atoms with Crippen LogP contribution in [0.2, 0.25) is 0 Å². The second kappa shape index (κ2) is 5.97. The maximum absolute atomic E-state index is 11.2. The summed E-state index contributed by atoms with van der Waals surface area (Å²) in [4.78, 5) is 11.2. The Kier molecular flexibility index (Phi) is 5.63. The van der Waals surface area contributed by atoms with Gasteiger partial charge in [0.2, 0.25) is 0 Å². The predicted molar refractivity (Wildman–Crippen MR) is 59.4 cm³/mol. The zero-order valence-corrected chi connectivity index (χ0v) is 10.2. The van der Waals surface area contributed by atoms with Crippen molar-refractivity contribution < 1.29 is 22.5 Å². The van der Waals surface area contributed by atoms with Gasteiger partial charge in [-0.3, -0.25) is 4.55 Å². The summed E-state index contributed by atoms with van der Waals surface area (Å²) in [6.45, 7) is 6.17. The topological polar surface area (TPSA) is 107 Å². The molecule has 0 radical (unpaired) electrons. The molecule has 0 aromatic heterocycles. The van der Waals surface area contributed by atoms with Gasteiger partial charge in [0.15, 0.2) is 0 Å².